The zero-order chi connectivity index (χ0) is 20.8. The topological polar surface area (TPSA) is 68.2 Å². The molecule has 0 unspecified atom stereocenters. The van der Waals surface area contributed by atoms with Crippen LogP contribution in [-0.4, -0.2) is 61.7 Å². The van der Waals surface area contributed by atoms with Gasteiger partial charge in [-0.2, -0.15) is 0 Å². The summed E-state index contributed by atoms with van der Waals surface area (Å²) in [7, 11) is 1.60. The molecule has 1 amide bonds. The Bertz CT molecular complexity index is 648. The number of hydrogen-bond donors (Lipinski definition) is 1. The quantitative estimate of drug-likeness (QED) is 0.688. The average Bonchev–Trinajstić information content (AvgIpc) is 2.64. The lowest BCUT2D eigenvalue weighted by Crippen LogP contribution is -2.51. The van der Waals surface area contributed by atoms with Crippen molar-refractivity contribution in [2.75, 3.05) is 40.0 Å². The lowest BCUT2D eigenvalue weighted by atomic mass is 9.77. The maximum atomic E-state index is 12.5. The second-order valence-corrected chi connectivity index (χ2v) is 8.68. The minimum absolute atomic E-state index is 0.101. The molecule has 1 aromatic rings. The fourth-order valence-electron chi connectivity index (χ4n) is 3.42. The zero-order valence-electron chi connectivity index (χ0n) is 17.2. The molecule has 1 aliphatic heterocycles. The standard InChI is InChI=1S/C21H32ClNO5/c1-20(2,3)28-19(24)23-10-6-8-17(14-23)21(25,15-27-12-11-26-4)16-7-5-9-18(22)13-16/h5,7,9,13,17,25H,6,8,10-12,14-15H2,1-4H3/t17-,21+/m1/s1. The van der Waals surface area contributed by atoms with Crippen LogP contribution in [0.1, 0.15) is 39.2 Å². The summed E-state index contributed by atoms with van der Waals surface area (Å²) in [4.78, 5) is 14.2. The summed E-state index contributed by atoms with van der Waals surface area (Å²) < 4.78 is 16.2. The number of hydrogen-bond acceptors (Lipinski definition) is 5. The van der Waals surface area contributed by atoms with Crippen molar-refractivity contribution in [1.82, 2.24) is 4.90 Å². The molecule has 158 valence electrons. The highest BCUT2D eigenvalue weighted by atomic mass is 35.5. The molecule has 7 heteroatoms. The molecule has 0 spiro atoms. The van der Waals surface area contributed by atoms with E-state index in [0.717, 1.165) is 12.8 Å². The summed E-state index contributed by atoms with van der Waals surface area (Å²) in [5.74, 6) is -0.199. The third-order valence-electron chi connectivity index (χ3n) is 4.83. The van der Waals surface area contributed by atoms with Crippen LogP contribution in [0.4, 0.5) is 4.79 Å². The van der Waals surface area contributed by atoms with Crippen LogP contribution in [0, 0.1) is 5.92 Å². The van der Waals surface area contributed by atoms with Crippen LogP contribution in [-0.2, 0) is 19.8 Å². The van der Waals surface area contributed by atoms with Crippen LogP contribution in [0.5, 0.6) is 0 Å². The van der Waals surface area contributed by atoms with Gasteiger partial charge in [-0.1, -0.05) is 23.7 Å². The van der Waals surface area contributed by atoms with Crippen LogP contribution < -0.4 is 0 Å². The monoisotopic (exact) mass is 413 g/mol. The van der Waals surface area contributed by atoms with E-state index in [-0.39, 0.29) is 18.6 Å². The van der Waals surface area contributed by atoms with E-state index < -0.39 is 11.2 Å². The summed E-state index contributed by atoms with van der Waals surface area (Å²) in [5, 5.41) is 12.2. The van der Waals surface area contributed by atoms with E-state index in [9.17, 15) is 9.90 Å². The van der Waals surface area contributed by atoms with Crippen molar-refractivity contribution in [2.24, 2.45) is 5.92 Å². The molecule has 0 aliphatic carbocycles. The van der Waals surface area contributed by atoms with E-state index in [4.69, 9.17) is 25.8 Å². The van der Waals surface area contributed by atoms with Crippen molar-refractivity contribution >= 4 is 17.7 Å². The summed E-state index contributed by atoms with van der Waals surface area (Å²) in [6.07, 6.45) is 1.20. The normalized spacial score (nSPS) is 19.9. The molecule has 2 rings (SSSR count). The van der Waals surface area contributed by atoms with Crippen molar-refractivity contribution in [2.45, 2.75) is 44.8 Å². The molecule has 0 saturated carbocycles. The molecular weight excluding hydrogens is 382 g/mol. The third kappa shape index (κ3) is 6.34. The highest BCUT2D eigenvalue weighted by Crippen LogP contribution is 2.37. The lowest BCUT2D eigenvalue weighted by Gasteiger charge is -2.42. The Balaban J connectivity index is 2.20. The predicted molar refractivity (Wildman–Crippen MR) is 109 cm³/mol. The Kier molecular flexibility index (Phi) is 8.13. The minimum atomic E-state index is -1.26. The van der Waals surface area contributed by atoms with Gasteiger partial charge in [-0.05, 0) is 51.3 Å². The number of carbonyl (C=O) groups excluding carboxylic acids is 1. The Morgan fingerprint density at radius 1 is 1.32 bits per heavy atom. The highest BCUT2D eigenvalue weighted by Gasteiger charge is 2.42. The first-order valence-electron chi connectivity index (χ1n) is 9.69. The largest absolute Gasteiger partial charge is 0.444 e. The molecule has 2 atom stereocenters. The van der Waals surface area contributed by atoms with E-state index >= 15 is 0 Å². The van der Waals surface area contributed by atoms with Crippen molar-refractivity contribution in [3.8, 4) is 0 Å². The summed E-state index contributed by atoms with van der Waals surface area (Å²) >= 11 is 6.17. The number of ether oxygens (including phenoxy) is 3. The number of benzene rings is 1. The van der Waals surface area contributed by atoms with Gasteiger partial charge >= 0.3 is 6.09 Å². The number of rotatable bonds is 7. The molecule has 1 heterocycles. The van der Waals surface area contributed by atoms with Gasteiger partial charge in [0.25, 0.3) is 0 Å². The van der Waals surface area contributed by atoms with Gasteiger partial charge in [0.1, 0.15) is 11.2 Å². The van der Waals surface area contributed by atoms with Gasteiger partial charge in [-0.25, -0.2) is 4.79 Å². The Morgan fingerprint density at radius 2 is 2.07 bits per heavy atom. The maximum Gasteiger partial charge on any atom is 0.410 e. The number of piperidine rings is 1. The molecule has 6 nitrogen and oxygen atoms in total. The van der Waals surface area contributed by atoms with Gasteiger partial charge in [0.2, 0.25) is 0 Å². The van der Waals surface area contributed by atoms with E-state index in [1.807, 2.05) is 32.9 Å². The average molecular weight is 414 g/mol. The molecule has 1 N–H and O–H groups in total. The fourth-order valence-corrected chi connectivity index (χ4v) is 3.61. The Hall–Kier alpha value is -1.34. The van der Waals surface area contributed by atoms with Gasteiger partial charge in [-0.15, -0.1) is 0 Å². The van der Waals surface area contributed by atoms with Gasteiger partial charge in [-0.3, -0.25) is 0 Å². The van der Waals surface area contributed by atoms with E-state index in [0.29, 0.717) is 36.9 Å². The smallest absolute Gasteiger partial charge is 0.410 e. The molecule has 28 heavy (non-hydrogen) atoms. The molecule has 0 aromatic heterocycles. The Morgan fingerprint density at radius 3 is 2.71 bits per heavy atom. The first-order valence-corrected chi connectivity index (χ1v) is 10.1. The number of halogens is 1. The van der Waals surface area contributed by atoms with Crippen LogP contribution in [0.15, 0.2) is 24.3 Å². The molecule has 0 radical (unpaired) electrons. The molecule has 1 saturated heterocycles. The first kappa shape index (κ1) is 22.9. The maximum absolute atomic E-state index is 12.5. The van der Waals surface area contributed by atoms with Crippen LogP contribution in [0.3, 0.4) is 0 Å². The molecule has 1 aromatic carbocycles. The third-order valence-corrected chi connectivity index (χ3v) is 5.06. The van der Waals surface area contributed by atoms with Gasteiger partial charge in [0, 0.05) is 31.1 Å². The predicted octanol–water partition coefficient (Wildman–Crippen LogP) is 3.84. The molecule has 1 fully saturated rings. The summed E-state index contributed by atoms with van der Waals surface area (Å²) in [6, 6.07) is 7.18. The minimum Gasteiger partial charge on any atom is -0.444 e. The number of aliphatic hydroxyl groups is 1. The highest BCUT2D eigenvalue weighted by molar-refractivity contribution is 6.30. The first-order chi connectivity index (χ1) is 13.2. The van der Waals surface area contributed by atoms with Crippen molar-refractivity contribution in [3.63, 3.8) is 0 Å². The fraction of sp³-hybridized carbons (Fsp3) is 0.667. The molecular formula is C21H32ClNO5. The number of amides is 1. The Labute approximate surface area is 172 Å². The van der Waals surface area contributed by atoms with E-state index in [2.05, 4.69) is 0 Å². The SMILES string of the molecule is COCCOC[C@](O)(c1cccc(Cl)c1)[C@@H]1CCCN(C(=O)OC(C)(C)C)C1. The van der Waals surface area contributed by atoms with Gasteiger partial charge in [0.05, 0.1) is 19.8 Å². The second kappa shape index (κ2) is 9.92. The number of likely N-dealkylation sites (tertiary alicyclic amines) is 1. The van der Waals surface area contributed by atoms with Crippen LogP contribution >= 0.6 is 11.6 Å². The lowest BCUT2D eigenvalue weighted by molar-refractivity contribution is -0.111. The van der Waals surface area contributed by atoms with Crippen molar-refractivity contribution in [3.05, 3.63) is 34.9 Å². The molecule has 1 aliphatic rings. The van der Waals surface area contributed by atoms with E-state index in [1.54, 1.807) is 24.1 Å². The van der Waals surface area contributed by atoms with Crippen LogP contribution in [0.25, 0.3) is 0 Å². The number of carbonyl (C=O) groups is 1. The zero-order valence-corrected chi connectivity index (χ0v) is 18.0. The van der Waals surface area contributed by atoms with E-state index in [1.165, 1.54) is 0 Å². The van der Waals surface area contributed by atoms with Crippen LogP contribution in [0.2, 0.25) is 5.02 Å². The number of nitrogens with zero attached hydrogens (tertiary/aromatic N) is 1. The number of methoxy groups -OCH3 is 1. The molecule has 0 bridgehead atoms. The van der Waals surface area contributed by atoms with Crippen molar-refractivity contribution in [1.29, 1.82) is 0 Å². The summed E-state index contributed by atoms with van der Waals surface area (Å²) in [6.45, 7) is 7.47. The van der Waals surface area contributed by atoms with Gasteiger partial charge < -0.3 is 24.2 Å². The van der Waals surface area contributed by atoms with Gasteiger partial charge in [0.15, 0.2) is 0 Å². The second-order valence-electron chi connectivity index (χ2n) is 8.25. The van der Waals surface area contributed by atoms with Crippen molar-refractivity contribution < 1.29 is 24.1 Å². The summed E-state index contributed by atoms with van der Waals surface area (Å²) in [5.41, 5.74) is -1.14.